The molecule has 152 valence electrons. The molecule has 0 spiro atoms. The summed E-state index contributed by atoms with van der Waals surface area (Å²) < 4.78 is 31.5. The summed E-state index contributed by atoms with van der Waals surface area (Å²) >= 11 is 0. The number of hydrogen-bond acceptors (Lipinski definition) is 6. The van der Waals surface area contributed by atoms with Gasteiger partial charge < -0.3 is 9.64 Å². The molecule has 0 N–H and O–H groups in total. The summed E-state index contributed by atoms with van der Waals surface area (Å²) in [5.41, 5.74) is 1.22. The molecule has 2 aliphatic rings. The summed E-state index contributed by atoms with van der Waals surface area (Å²) in [5.74, 6) is 3.21. The lowest BCUT2D eigenvalue weighted by atomic mass is 10.1. The number of piperidine rings is 1. The Kier molecular flexibility index (Phi) is 5.31. The minimum Gasteiger partial charge on any atom is -0.490 e. The predicted octanol–water partition coefficient (Wildman–Crippen LogP) is 2.56. The van der Waals surface area contributed by atoms with Crippen molar-refractivity contribution in [2.45, 2.75) is 51.2 Å². The lowest BCUT2D eigenvalue weighted by Crippen LogP contribution is -2.40. The fourth-order valence-corrected chi connectivity index (χ4v) is 4.15. The van der Waals surface area contributed by atoms with Crippen molar-refractivity contribution < 1.29 is 13.2 Å². The van der Waals surface area contributed by atoms with E-state index in [1.807, 2.05) is 16.7 Å². The third-order valence-corrected chi connectivity index (χ3v) is 6.36. The van der Waals surface area contributed by atoms with Gasteiger partial charge in [0.1, 0.15) is 27.5 Å². The van der Waals surface area contributed by atoms with Crippen molar-refractivity contribution in [1.82, 2.24) is 14.8 Å². The summed E-state index contributed by atoms with van der Waals surface area (Å²) in [7, 11) is -3.03. The molecule has 2 fully saturated rings. The second kappa shape index (κ2) is 7.73. The number of nitrogens with zero attached hydrogens (tertiary/aromatic N) is 4. The Hall–Kier alpha value is -2.09. The quantitative estimate of drug-likeness (QED) is 0.706. The van der Waals surface area contributed by atoms with Gasteiger partial charge in [0.05, 0.1) is 5.75 Å². The highest BCUT2D eigenvalue weighted by Gasteiger charge is 2.32. The molecule has 0 atom stereocenters. The van der Waals surface area contributed by atoms with Crippen molar-refractivity contribution in [3.05, 3.63) is 35.7 Å². The van der Waals surface area contributed by atoms with Crippen molar-refractivity contribution >= 4 is 15.8 Å². The smallest absolute Gasteiger partial charge is 0.227 e. The average Bonchev–Trinajstić information content (AvgIpc) is 3.41. The fraction of sp³-hybridized carbons (Fsp3) is 0.600. The van der Waals surface area contributed by atoms with E-state index in [-0.39, 0.29) is 11.9 Å². The van der Waals surface area contributed by atoms with E-state index >= 15 is 0 Å². The summed E-state index contributed by atoms with van der Waals surface area (Å²) in [6.07, 6.45) is 5.51. The van der Waals surface area contributed by atoms with E-state index in [9.17, 15) is 8.42 Å². The second-order valence-corrected chi connectivity index (χ2v) is 10.3. The Balaban J connectivity index is 1.41. The number of ether oxygens (including phenoxy) is 1. The summed E-state index contributed by atoms with van der Waals surface area (Å²) in [6, 6.07) is 8.17. The van der Waals surface area contributed by atoms with Crippen LogP contribution < -0.4 is 9.64 Å². The zero-order chi connectivity index (χ0) is 19.7. The molecule has 2 aromatic rings. The first-order chi connectivity index (χ1) is 13.4. The van der Waals surface area contributed by atoms with Gasteiger partial charge in [-0.05, 0) is 31.9 Å². The number of benzene rings is 1. The predicted molar refractivity (Wildman–Crippen MR) is 109 cm³/mol. The van der Waals surface area contributed by atoms with Crippen molar-refractivity contribution in [2.24, 2.45) is 0 Å². The van der Waals surface area contributed by atoms with Gasteiger partial charge in [-0.3, -0.25) is 4.57 Å². The molecule has 7 nitrogen and oxygen atoms in total. The van der Waals surface area contributed by atoms with Crippen LogP contribution in [-0.2, 0) is 16.4 Å². The molecular weight excluding hydrogens is 376 g/mol. The Morgan fingerprint density at radius 3 is 2.36 bits per heavy atom. The van der Waals surface area contributed by atoms with Crippen molar-refractivity contribution in [3.8, 4) is 5.75 Å². The van der Waals surface area contributed by atoms with Crippen LogP contribution in [0.2, 0.25) is 0 Å². The minimum atomic E-state index is -3.03. The number of aryl methyl sites for hydroxylation is 1. The van der Waals surface area contributed by atoms with Crippen LogP contribution >= 0.6 is 0 Å². The van der Waals surface area contributed by atoms with E-state index in [2.05, 4.69) is 34.2 Å². The van der Waals surface area contributed by atoms with Gasteiger partial charge >= 0.3 is 0 Å². The van der Waals surface area contributed by atoms with Crippen LogP contribution in [0.1, 0.15) is 43.0 Å². The molecule has 0 unspecified atom stereocenters. The van der Waals surface area contributed by atoms with E-state index in [0.29, 0.717) is 12.5 Å². The first-order valence-electron chi connectivity index (χ1n) is 9.98. The van der Waals surface area contributed by atoms with Crippen molar-refractivity contribution in [3.63, 3.8) is 0 Å². The molecule has 1 aliphatic carbocycles. The first-order valence-corrected chi connectivity index (χ1v) is 12.0. The van der Waals surface area contributed by atoms with Crippen LogP contribution in [-0.4, -0.2) is 54.4 Å². The number of sulfone groups is 1. The zero-order valence-corrected chi connectivity index (χ0v) is 17.4. The summed E-state index contributed by atoms with van der Waals surface area (Å²) in [4.78, 5) is 2.22. The van der Waals surface area contributed by atoms with E-state index < -0.39 is 9.84 Å². The molecule has 1 saturated heterocycles. The Bertz CT molecular complexity index is 911. The molecule has 28 heavy (non-hydrogen) atoms. The van der Waals surface area contributed by atoms with Gasteiger partial charge in [0.25, 0.3) is 0 Å². The molecule has 0 bridgehead atoms. The molecular formula is C20H28N4O3S. The van der Waals surface area contributed by atoms with E-state index in [4.69, 9.17) is 4.74 Å². The maximum Gasteiger partial charge on any atom is 0.227 e. The van der Waals surface area contributed by atoms with Gasteiger partial charge in [-0.25, -0.2) is 8.42 Å². The Labute approximate surface area is 166 Å². The number of anilines is 1. The van der Waals surface area contributed by atoms with Gasteiger partial charge in [0.2, 0.25) is 5.95 Å². The molecule has 4 rings (SSSR count). The Morgan fingerprint density at radius 1 is 1.07 bits per heavy atom. The molecule has 1 aromatic carbocycles. The maximum absolute atomic E-state index is 11.7. The van der Waals surface area contributed by atoms with E-state index in [1.165, 1.54) is 11.8 Å². The first kappa shape index (κ1) is 19.2. The van der Waals surface area contributed by atoms with Crippen LogP contribution in [0.5, 0.6) is 5.75 Å². The van der Waals surface area contributed by atoms with Crippen LogP contribution in [0.25, 0.3) is 0 Å². The van der Waals surface area contributed by atoms with Crippen molar-refractivity contribution in [1.29, 1.82) is 0 Å². The second-order valence-electron chi connectivity index (χ2n) is 8.03. The van der Waals surface area contributed by atoms with E-state index in [0.717, 1.165) is 56.3 Å². The monoisotopic (exact) mass is 404 g/mol. The lowest BCUT2D eigenvalue weighted by molar-refractivity contribution is 0.170. The summed E-state index contributed by atoms with van der Waals surface area (Å²) in [6.45, 7) is 4.15. The highest BCUT2D eigenvalue weighted by atomic mass is 32.2. The molecule has 1 saturated carbocycles. The fourth-order valence-electron chi connectivity index (χ4n) is 3.64. The lowest BCUT2D eigenvalue weighted by Gasteiger charge is -2.33. The molecule has 1 aromatic heterocycles. The molecule has 1 aliphatic heterocycles. The molecule has 2 heterocycles. The molecule has 0 amide bonds. The third kappa shape index (κ3) is 4.66. The Morgan fingerprint density at radius 2 is 1.75 bits per heavy atom. The minimum absolute atomic E-state index is 0.116. The van der Waals surface area contributed by atoms with Gasteiger partial charge in [0.15, 0.2) is 0 Å². The average molecular weight is 405 g/mol. The SMILES string of the molecule is Cc1ccc(OC2CCN(c3nnc(C4CC4)n3CCS(C)(=O)=O)CC2)cc1. The largest absolute Gasteiger partial charge is 0.490 e. The van der Waals surface area contributed by atoms with Crippen LogP contribution in [0.3, 0.4) is 0 Å². The molecule has 0 radical (unpaired) electrons. The normalized spacial score (nSPS) is 18.4. The maximum atomic E-state index is 11.7. The summed E-state index contributed by atoms with van der Waals surface area (Å²) in [5, 5.41) is 8.82. The standard InChI is InChI=1S/C20H28N4O3S/c1-15-3-7-17(8-4-15)27-18-9-11-23(12-10-18)20-22-21-19(16-5-6-16)24(20)13-14-28(2,25)26/h3-4,7-8,16,18H,5-6,9-14H2,1-2H3. The molecule has 8 heteroatoms. The van der Waals surface area contributed by atoms with Gasteiger partial charge in [-0.15, -0.1) is 10.2 Å². The number of rotatable bonds is 7. The zero-order valence-electron chi connectivity index (χ0n) is 16.5. The van der Waals surface area contributed by atoms with Crippen molar-refractivity contribution in [2.75, 3.05) is 30.0 Å². The van der Waals surface area contributed by atoms with Crippen LogP contribution in [0.4, 0.5) is 5.95 Å². The topological polar surface area (TPSA) is 77.3 Å². The number of aromatic nitrogens is 3. The van der Waals surface area contributed by atoms with Crippen LogP contribution in [0, 0.1) is 6.92 Å². The van der Waals surface area contributed by atoms with Gasteiger partial charge in [-0.1, -0.05) is 17.7 Å². The van der Waals surface area contributed by atoms with Gasteiger partial charge in [-0.2, -0.15) is 0 Å². The highest BCUT2D eigenvalue weighted by molar-refractivity contribution is 7.90. The van der Waals surface area contributed by atoms with Crippen LogP contribution in [0.15, 0.2) is 24.3 Å². The highest BCUT2D eigenvalue weighted by Crippen LogP contribution is 2.40. The van der Waals surface area contributed by atoms with Gasteiger partial charge in [0, 0.05) is 44.6 Å². The third-order valence-electron chi connectivity index (χ3n) is 5.44. The van der Waals surface area contributed by atoms with E-state index in [1.54, 1.807) is 0 Å². The number of hydrogen-bond donors (Lipinski definition) is 0.